The van der Waals surface area contributed by atoms with Gasteiger partial charge in [-0.1, -0.05) is 42.5 Å². The number of rotatable bonds is 19. The van der Waals surface area contributed by atoms with Crippen molar-refractivity contribution in [2.75, 3.05) is 41.7 Å². The van der Waals surface area contributed by atoms with Gasteiger partial charge < -0.3 is 52.5 Å². The summed E-state index contributed by atoms with van der Waals surface area (Å²) < 4.78 is 58.6. The van der Waals surface area contributed by atoms with E-state index >= 15 is 0 Å². The van der Waals surface area contributed by atoms with Crippen LogP contribution >= 0.6 is 0 Å². The van der Waals surface area contributed by atoms with Crippen LogP contribution in [0.25, 0.3) is 6.08 Å². The maximum Gasteiger partial charge on any atom is 0.193 e. The number of phenolic OH excluding ortho intramolecular Hbond substituents is 1. The second kappa shape index (κ2) is 20.1. The average Bonchev–Trinajstić information content (AvgIpc) is 3.59. The number of hydrogen-bond donors (Lipinski definition) is 1. The number of allylic oxidation sites excluding steroid dienone is 1. The maximum atomic E-state index is 13.9. The lowest BCUT2D eigenvalue weighted by atomic mass is 9.84. The number of carbonyl (C=O) groups is 1. The Kier molecular flexibility index (Phi) is 14.7. The summed E-state index contributed by atoms with van der Waals surface area (Å²) in [6.07, 6.45) is 2.46. The van der Waals surface area contributed by atoms with Crippen molar-refractivity contribution >= 4 is 11.9 Å². The van der Waals surface area contributed by atoms with Gasteiger partial charge in [-0.05, 0) is 101 Å². The molecule has 0 amide bonds. The van der Waals surface area contributed by atoms with Gasteiger partial charge in [-0.25, -0.2) is 0 Å². The van der Waals surface area contributed by atoms with Gasteiger partial charge in [0.05, 0.1) is 5.92 Å². The van der Waals surface area contributed by atoms with Gasteiger partial charge in [-0.15, -0.1) is 0 Å². The summed E-state index contributed by atoms with van der Waals surface area (Å²) in [6.45, 7) is 12.1. The van der Waals surface area contributed by atoms with Crippen molar-refractivity contribution in [2.45, 2.75) is 71.4 Å². The molecule has 0 unspecified atom stereocenters. The van der Waals surface area contributed by atoms with Gasteiger partial charge in [-0.3, -0.25) is 4.79 Å². The fraction of sp³-hybridized carbons (Fsp3) is 0.340. The monoisotopic (exact) mass is 848 g/mol. The normalized spacial score (nSPS) is 14.9. The molecule has 0 fully saturated rings. The highest BCUT2D eigenvalue weighted by atomic mass is 16.7. The van der Waals surface area contributed by atoms with Gasteiger partial charge >= 0.3 is 0 Å². The van der Waals surface area contributed by atoms with Gasteiger partial charge in [0.1, 0.15) is 75.5 Å². The highest BCUT2D eigenvalue weighted by Gasteiger charge is 2.39. The lowest BCUT2D eigenvalue weighted by Crippen LogP contribution is -2.25. The highest BCUT2D eigenvalue weighted by Crippen LogP contribution is 2.53. The van der Waals surface area contributed by atoms with E-state index in [0.717, 1.165) is 28.0 Å². The number of hydrogen-bond acceptors (Lipinski definition) is 12. The number of ether oxygens (including phenoxy) is 10. The SMILES string of the molecule is COCOc1cc(O)c(C(=O)/C=C/c2cc3c(cc2OCOC)O[C@H](c2ccc(OCc4ccccc4)cc2)[C@@H]3c2cc(OC(C)(C)C)cc(OC(C)(C)C)c2)c(OCOC)c1. The molecule has 5 aromatic carbocycles. The second-order valence-corrected chi connectivity index (χ2v) is 16.6. The lowest BCUT2D eigenvalue weighted by molar-refractivity contribution is 0.0453. The van der Waals surface area contributed by atoms with Gasteiger partial charge in [0, 0.05) is 56.7 Å². The maximum absolute atomic E-state index is 13.9. The quantitative estimate of drug-likeness (QED) is 0.0482. The van der Waals surface area contributed by atoms with Gasteiger partial charge in [-0.2, -0.15) is 0 Å². The van der Waals surface area contributed by atoms with E-state index in [1.54, 1.807) is 12.1 Å². The Hall–Kier alpha value is -6.21. The molecule has 6 rings (SSSR count). The Labute approximate surface area is 363 Å². The van der Waals surface area contributed by atoms with Crippen molar-refractivity contribution in [2.24, 2.45) is 0 Å². The van der Waals surface area contributed by atoms with Crippen LogP contribution < -0.4 is 33.2 Å². The summed E-state index contributed by atoms with van der Waals surface area (Å²) in [5.41, 5.74) is 3.18. The molecule has 5 aromatic rings. The van der Waals surface area contributed by atoms with Crippen LogP contribution in [-0.4, -0.2) is 63.8 Å². The summed E-state index contributed by atoms with van der Waals surface area (Å²) in [7, 11) is 4.45. The Morgan fingerprint density at radius 1 is 0.645 bits per heavy atom. The van der Waals surface area contributed by atoms with Crippen molar-refractivity contribution in [3.8, 4) is 46.0 Å². The van der Waals surface area contributed by atoms with Gasteiger partial charge in [0.2, 0.25) is 0 Å². The molecule has 12 heteroatoms. The summed E-state index contributed by atoms with van der Waals surface area (Å²) in [6, 6.07) is 30.4. The molecular formula is C50H56O12. The molecule has 1 aliphatic rings. The molecule has 0 saturated heterocycles. The minimum atomic E-state index is -0.540. The molecule has 0 spiro atoms. The van der Waals surface area contributed by atoms with E-state index < -0.39 is 23.1 Å². The van der Waals surface area contributed by atoms with E-state index in [1.165, 1.54) is 39.5 Å². The summed E-state index contributed by atoms with van der Waals surface area (Å²) in [5, 5.41) is 11.0. The Morgan fingerprint density at radius 2 is 1.26 bits per heavy atom. The third-order valence-electron chi connectivity index (χ3n) is 9.32. The van der Waals surface area contributed by atoms with Crippen molar-refractivity contribution in [3.05, 3.63) is 137 Å². The highest BCUT2D eigenvalue weighted by molar-refractivity contribution is 6.10. The lowest BCUT2D eigenvalue weighted by Gasteiger charge is -2.27. The predicted molar refractivity (Wildman–Crippen MR) is 235 cm³/mol. The van der Waals surface area contributed by atoms with E-state index in [2.05, 4.69) is 0 Å². The number of carbonyl (C=O) groups excluding carboxylic acids is 1. The van der Waals surface area contributed by atoms with Gasteiger partial charge in [0.25, 0.3) is 0 Å². The molecule has 0 radical (unpaired) electrons. The molecule has 12 nitrogen and oxygen atoms in total. The molecule has 1 aliphatic heterocycles. The third-order valence-corrected chi connectivity index (χ3v) is 9.32. The first-order valence-electron chi connectivity index (χ1n) is 20.2. The van der Waals surface area contributed by atoms with E-state index in [1.807, 2.05) is 120 Å². The predicted octanol–water partition coefficient (Wildman–Crippen LogP) is 10.4. The number of ketones is 1. The zero-order valence-corrected chi connectivity index (χ0v) is 36.8. The smallest absolute Gasteiger partial charge is 0.193 e. The first kappa shape index (κ1) is 45.3. The molecule has 0 aromatic heterocycles. The van der Waals surface area contributed by atoms with Crippen molar-refractivity contribution in [1.82, 2.24) is 0 Å². The molecule has 0 bridgehead atoms. The number of fused-ring (bicyclic) bond motifs is 1. The largest absolute Gasteiger partial charge is 0.507 e. The second-order valence-electron chi connectivity index (χ2n) is 16.6. The van der Waals surface area contributed by atoms with E-state index in [0.29, 0.717) is 35.2 Å². The van der Waals surface area contributed by atoms with Crippen LogP contribution in [0, 0.1) is 0 Å². The number of methoxy groups -OCH3 is 3. The number of aromatic hydroxyl groups is 1. The Morgan fingerprint density at radius 3 is 1.87 bits per heavy atom. The van der Waals surface area contributed by atoms with Crippen LogP contribution in [-0.2, 0) is 20.8 Å². The molecule has 1 heterocycles. The standard InChI is InChI=1S/C50H56O12/c1-49(2,3)61-38-21-35(22-39(24-38)62-50(4,5)6)46-40-23-34(17-20-41(51)47-42(52)25-37(57-29-53-7)26-45(47)59-31-55-9)43(58-30-54-8)27-44(40)60-48(46)33-15-18-36(19-16-33)56-28-32-13-11-10-12-14-32/h10-27,46,48,52H,28-31H2,1-9H3/b20-17+/t46-,48-/m1/s1. The summed E-state index contributed by atoms with van der Waals surface area (Å²) >= 11 is 0. The first-order valence-corrected chi connectivity index (χ1v) is 20.2. The van der Waals surface area contributed by atoms with E-state index in [-0.39, 0.29) is 49.1 Å². The van der Waals surface area contributed by atoms with Crippen molar-refractivity contribution < 1.29 is 57.3 Å². The average molecular weight is 849 g/mol. The molecule has 328 valence electrons. The molecule has 2 atom stereocenters. The van der Waals surface area contributed by atoms with Crippen LogP contribution in [0.2, 0.25) is 0 Å². The first-order chi connectivity index (χ1) is 29.6. The molecule has 1 N–H and O–H groups in total. The summed E-state index contributed by atoms with van der Waals surface area (Å²) in [5.74, 6) is 2.03. The van der Waals surface area contributed by atoms with Crippen LogP contribution in [0.3, 0.4) is 0 Å². The fourth-order valence-corrected chi connectivity index (χ4v) is 6.91. The van der Waals surface area contributed by atoms with E-state index in [9.17, 15) is 9.90 Å². The Bertz CT molecular complexity index is 2270. The topological polar surface area (TPSA) is 130 Å². The Balaban J connectivity index is 1.44. The number of benzene rings is 5. The van der Waals surface area contributed by atoms with Crippen LogP contribution in [0.1, 0.15) is 91.7 Å². The minimum Gasteiger partial charge on any atom is -0.507 e. The zero-order valence-electron chi connectivity index (χ0n) is 36.8. The van der Waals surface area contributed by atoms with Crippen molar-refractivity contribution in [1.29, 1.82) is 0 Å². The van der Waals surface area contributed by atoms with Gasteiger partial charge in [0.15, 0.2) is 26.2 Å². The van der Waals surface area contributed by atoms with E-state index in [4.69, 9.17) is 47.4 Å². The van der Waals surface area contributed by atoms with Crippen LogP contribution in [0.15, 0.2) is 103 Å². The van der Waals surface area contributed by atoms with Crippen LogP contribution in [0.5, 0.6) is 46.0 Å². The third kappa shape index (κ3) is 12.0. The summed E-state index contributed by atoms with van der Waals surface area (Å²) in [4.78, 5) is 13.9. The molecule has 0 aliphatic carbocycles. The number of phenols is 1. The molecule has 62 heavy (non-hydrogen) atoms. The zero-order chi connectivity index (χ0) is 44.4. The molecular weight excluding hydrogens is 793 g/mol. The molecule has 0 saturated carbocycles. The fourth-order valence-electron chi connectivity index (χ4n) is 6.91. The van der Waals surface area contributed by atoms with Crippen molar-refractivity contribution in [3.63, 3.8) is 0 Å². The van der Waals surface area contributed by atoms with Crippen LogP contribution in [0.4, 0.5) is 0 Å². The minimum absolute atomic E-state index is 0.0656.